The summed E-state index contributed by atoms with van der Waals surface area (Å²) in [5, 5.41) is 19.3. The number of amides is 1. The number of carbonyl (C=O) groups is 1. The number of aryl methyl sites for hydroxylation is 2. The van der Waals surface area contributed by atoms with Crippen molar-refractivity contribution in [3.63, 3.8) is 0 Å². The van der Waals surface area contributed by atoms with E-state index in [1.54, 1.807) is 39.0 Å². The molecule has 26 heteroatoms. The molecule has 2 aliphatic rings. The van der Waals surface area contributed by atoms with Gasteiger partial charge in [-0.3, -0.25) is 15.0 Å². The summed E-state index contributed by atoms with van der Waals surface area (Å²) in [5.41, 5.74) is 1.94. The van der Waals surface area contributed by atoms with Crippen LogP contribution in [0, 0.1) is 13.8 Å². The summed E-state index contributed by atoms with van der Waals surface area (Å²) in [6.45, 7) is 8.31. The minimum Gasteiger partial charge on any atom is -0.379 e. The van der Waals surface area contributed by atoms with E-state index in [-0.39, 0.29) is 89.8 Å². The molecule has 0 aliphatic carbocycles. The van der Waals surface area contributed by atoms with Gasteiger partial charge in [-0.05, 0) is 62.9 Å². The van der Waals surface area contributed by atoms with Crippen LogP contribution in [0.3, 0.4) is 0 Å². The average Bonchev–Trinajstić information content (AvgIpc) is 3.98. The number of hydrogen-bond donors (Lipinski definition) is 3. The summed E-state index contributed by atoms with van der Waals surface area (Å²) in [7, 11) is -9.27. The quantitative estimate of drug-likeness (QED) is 0.0873. The molecule has 69 heavy (non-hydrogen) atoms. The molecule has 2 fully saturated rings. The number of hydrogen-bond acceptors (Lipinski definition) is 19. The Morgan fingerprint density at radius 3 is 1.88 bits per heavy atom. The lowest BCUT2D eigenvalue weighted by Crippen LogP contribution is -2.45. The van der Waals surface area contributed by atoms with Gasteiger partial charge in [0.2, 0.25) is 35.6 Å². The number of aromatic nitrogens is 8. The number of piperazine rings is 1. The maximum absolute atomic E-state index is 14.7. The fraction of sp³-hybridized carbons (Fsp3) is 0.372. The van der Waals surface area contributed by atoms with E-state index >= 15 is 0 Å². The zero-order valence-electron chi connectivity index (χ0n) is 38.5. The number of hydrazine groups is 1. The van der Waals surface area contributed by atoms with E-state index in [4.69, 9.17) is 14.5 Å². The lowest BCUT2D eigenvalue weighted by Gasteiger charge is -2.36. The number of nitrogens with one attached hydrogen (secondary N) is 3. The van der Waals surface area contributed by atoms with Gasteiger partial charge in [0, 0.05) is 82.8 Å². The third-order valence-corrected chi connectivity index (χ3v) is 16.1. The molecule has 2 saturated heterocycles. The zero-order chi connectivity index (χ0) is 49.1. The van der Waals surface area contributed by atoms with Gasteiger partial charge in [0.05, 0.1) is 52.4 Å². The Labute approximate surface area is 399 Å². The van der Waals surface area contributed by atoms with Gasteiger partial charge in [0.25, 0.3) is 10.3 Å². The van der Waals surface area contributed by atoms with Crippen LogP contribution in [0.15, 0.2) is 92.9 Å². The first-order valence-corrected chi connectivity index (χ1v) is 26.4. The molecule has 23 nitrogen and oxygen atoms in total. The molecule has 1 amide bonds. The summed E-state index contributed by atoms with van der Waals surface area (Å²) in [6.07, 6.45) is 0.231. The Morgan fingerprint density at radius 2 is 1.32 bits per heavy atom. The summed E-state index contributed by atoms with van der Waals surface area (Å²) in [5.74, 6) is -0.0729. The minimum absolute atomic E-state index is 0.00128. The highest BCUT2D eigenvalue weighted by Gasteiger charge is 2.34. The molecule has 0 spiro atoms. The first-order valence-electron chi connectivity index (χ1n) is 21.8. The highest BCUT2D eigenvalue weighted by molar-refractivity contribution is 7.91. The van der Waals surface area contributed by atoms with E-state index in [0.29, 0.717) is 48.8 Å². The molecule has 0 unspecified atom stereocenters. The van der Waals surface area contributed by atoms with Crippen LogP contribution >= 0.6 is 0 Å². The summed E-state index contributed by atoms with van der Waals surface area (Å²) < 4.78 is 97.1. The van der Waals surface area contributed by atoms with Crippen LogP contribution in [0.1, 0.15) is 36.0 Å². The lowest BCUT2D eigenvalue weighted by atomic mass is 10.2. The summed E-state index contributed by atoms with van der Waals surface area (Å²) in [6, 6.07) is 17.8. The number of benzene rings is 2. The highest BCUT2D eigenvalue weighted by Crippen LogP contribution is 2.37. The number of aromatic amines is 2. The van der Waals surface area contributed by atoms with E-state index in [0.717, 1.165) is 0 Å². The van der Waals surface area contributed by atoms with Crippen molar-refractivity contribution in [2.75, 3.05) is 86.9 Å². The maximum atomic E-state index is 14.7. The highest BCUT2D eigenvalue weighted by atomic mass is 32.2. The van der Waals surface area contributed by atoms with Crippen LogP contribution in [-0.4, -0.2) is 147 Å². The first-order chi connectivity index (χ1) is 32.9. The fourth-order valence-corrected chi connectivity index (χ4v) is 11.3. The van der Waals surface area contributed by atoms with E-state index in [2.05, 4.69) is 45.6 Å². The van der Waals surface area contributed by atoms with Gasteiger partial charge >= 0.3 is 0 Å². The Kier molecular flexibility index (Phi) is 14.4. The van der Waals surface area contributed by atoms with E-state index in [1.807, 2.05) is 11.9 Å². The van der Waals surface area contributed by atoms with Gasteiger partial charge in [0.1, 0.15) is 5.82 Å². The molecule has 0 radical (unpaired) electrons. The Bertz CT molecular complexity index is 3140. The number of methoxy groups -OCH3 is 1. The largest absolute Gasteiger partial charge is 0.379 e. The van der Waals surface area contributed by atoms with Gasteiger partial charge in [-0.2, -0.15) is 24.5 Å². The zero-order valence-corrected chi connectivity index (χ0v) is 41.0. The van der Waals surface area contributed by atoms with E-state index < -0.39 is 45.8 Å². The molecular formula is C43H52N14O9S3. The Hall–Kier alpha value is -6.42. The number of carbonyl (C=O) groups excluding carboxylic acids is 1. The molecule has 6 aromatic rings. The van der Waals surface area contributed by atoms with Crippen LogP contribution in [0.5, 0.6) is 0 Å². The number of sulfone groups is 2. The Balaban J connectivity index is 1.26. The van der Waals surface area contributed by atoms with Crippen LogP contribution < -0.4 is 20.2 Å². The van der Waals surface area contributed by atoms with Crippen LogP contribution in [0.4, 0.5) is 34.8 Å². The molecule has 3 N–H and O–H groups in total. The van der Waals surface area contributed by atoms with Crippen molar-refractivity contribution < 1.29 is 39.5 Å². The van der Waals surface area contributed by atoms with Crippen LogP contribution in [0.25, 0.3) is 0 Å². The normalized spacial score (nSPS) is 15.3. The van der Waals surface area contributed by atoms with Crippen molar-refractivity contribution in [1.82, 2.24) is 49.5 Å². The second-order valence-electron chi connectivity index (χ2n) is 16.4. The molecular weight excluding hydrogens is 953 g/mol. The third-order valence-electron chi connectivity index (χ3n) is 11.2. The van der Waals surface area contributed by atoms with E-state index in [9.17, 15) is 30.0 Å². The standard InChI is InChI=1S/C43H52N14O9S3/c1-6-41(58)44-32-9-13-34(14-10-32)68(61,62)43-45-33(27-65-5)25-37(48-43)56(39-23-29(2)49-51-39)57(40-24-30(3)50-52-40)38-26-36(54-17-15-53(4)16-18-54)46-42(47-38)67(59,60)28-31-7-11-35(12-8-31)69(63,64)55-19-21-66-22-20-55/h7-14,23-26H,6,15-22,27-28H2,1-5H3,(H,44,58)(H,49,51)(H,50,52). The predicted molar refractivity (Wildman–Crippen MR) is 253 cm³/mol. The number of H-pyrrole nitrogens is 2. The lowest BCUT2D eigenvalue weighted by molar-refractivity contribution is -0.115. The molecule has 8 rings (SSSR count). The molecule has 0 bridgehead atoms. The van der Waals surface area contributed by atoms with Crippen molar-refractivity contribution in [3.8, 4) is 0 Å². The third kappa shape index (κ3) is 10.9. The number of sulfonamides is 1. The number of rotatable bonds is 17. The van der Waals surface area contributed by atoms with Gasteiger partial charge < -0.3 is 24.6 Å². The van der Waals surface area contributed by atoms with Gasteiger partial charge in [-0.25, -0.2) is 45.2 Å². The SMILES string of the molecule is CCC(=O)Nc1ccc(S(=O)(=O)c2nc(COC)cc(N(c3cc(C)n[nH]3)N(c3cc(N4CCN(C)CC4)nc(S(=O)(=O)Cc4ccc(S(=O)(=O)N5CCOCC5)cc4)n3)c3cc(C)n[nH]3)n2)cc1. The van der Waals surface area contributed by atoms with Crippen LogP contribution in [-0.2, 0) is 56.3 Å². The number of nitrogens with zero attached hydrogens (tertiary/aromatic N) is 11. The Morgan fingerprint density at radius 1 is 0.739 bits per heavy atom. The van der Waals surface area contributed by atoms with Gasteiger partial charge in [-0.1, -0.05) is 19.1 Å². The second kappa shape index (κ2) is 20.3. The van der Waals surface area contributed by atoms with Crippen molar-refractivity contribution in [2.24, 2.45) is 0 Å². The molecule has 6 heterocycles. The number of anilines is 6. The maximum Gasteiger partial charge on any atom is 0.254 e. The molecule has 0 saturated carbocycles. The van der Waals surface area contributed by atoms with E-state index in [1.165, 1.54) is 76.0 Å². The van der Waals surface area contributed by atoms with Crippen molar-refractivity contribution in [2.45, 2.75) is 59.7 Å². The fourth-order valence-electron chi connectivity index (χ4n) is 7.51. The summed E-state index contributed by atoms with van der Waals surface area (Å²) >= 11 is 0. The summed E-state index contributed by atoms with van der Waals surface area (Å²) in [4.78, 5) is 34.5. The van der Waals surface area contributed by atoms with Gasteiger partial charge in [-0.15, -0.1) is 0 Å². The number of ether oxygens (including phenoxy) is 2. The van der Waals surface area contributed by atoms with Crippen molar-refractivity contribution >= 4 is 70.4 Å². The minimum atomic E-state index is -4.45. The molecule has 2 aromatic carbocycles. The van der Waals surface area contributed by atoms with Crippen LogP contribution in [0.2, 0.25) is 0 Å². The topological polar surface area (TPSA) is 275 Å². The molecule has 0 atom stereocenters. The molecule has 366 valence electrons. The monoisotopic (exact) mass is 1000 g/mol. The van der Waals surface area contributed by atoms with Crippen molar-refractivity contribution in [3.05, 3.63) is 95.4 Å². The molecule has 4 aromatic heterocycles. The van der Waals surface area contributed by atoms with Gasteiger partial charge in [0.15, 0.2) is 23.3 Å². The number of morpholine rings is 1. The predicted octanol–water partition coefficient (Wildman–Crippen LogP) is 3.30. The first kappa shape index (κ1) is 49.0. The smallest absolute Gasteiger partial charge is 0.254 e. The number of likely N-dealkylation sites (N-methyl/N-ethyl adjacent to an activating group) is 1. The second-order valence-corrected chi connectivity index (χ2v) is 22.0. The molecule has 2 aliphatic heterocycles. The average molecular weight is 1010 g/mol. The van der Waals surface area contributed by atoms with Crippen molar-refractivity contribution in [1.29, 1.82) is 0 Å².